The first-order valence-electron chi connectivity index (χ1n) is 7.67. The van der Waals surface area contributed by atoms with Gasteiger partial charge < -0.3 is 14.6 Å². The van der Waals surface area contributed by atoms with Gasteiger partial charge in [0.05, 0.1) is 11.2 Å². The second kappa shape index (κ2) is 5.10. The van der Waals surface area contributed by atoms with E-state index in [0.717, 1.165) is 58.3 Å². The van der Waals surface area contributed by atoms with Crippen molar-refractivity contribution in [1.82, 2.24) is 0 Å². The van der Waals surface area contributed by atoms with Crippen molar-refractivity contribution in [3.05, 3.63) is 0 Å². The Kier molecular flexibility index (Phi) is 3.65. The smallest absolute Gasteiger partial charge is 0.0730 e. The summed E-state index contributed by atoms with van der Waals surface area (Å²) in [6.45, 7) is 2.48. The molecule has 0 aromatic heterocycles. The van der Waals surface area contributed by atoms with Crippen LogP contribution in [-0.4, -0.2) is 36.1 Å². The molecule has 104 valence electrons. The molecule has 3 rings (SSSR count). The Hall–Kier alpha value is -0.120. The zero-order chi connectivity index (χ0) is 12.5. The van der Waals surface area contributed by atoms with Gasteiger partial charge in [0.25, 0.3) is 0 Å². The van der Waals surface area contributed by atoms with Crippen LogP contribution in [0.15, 0.2) is 0 Å². The Labute approximate surface area is 110 Å². The highest BCUT2D eigenvalue weighted by Crippen LogP contribution is 2.45. The molecule has 3 aliphatic rings. The molecular weight excluding hydrogens is 228 g/mol. The Morgan fingerprint density at radius 1 is 0.889 bits per heavy atom. The SMILES string of the molecule is OC1(C2CCOC3(CCOCC3)C2)CCCCC1. The Morgan fingerprint density at radius 3 is 2.33 bits per heavy atom. The summed E-state index contributed by atoms with van der Waals surface area (Å²) < 4.78 is 11.5. The second-order valence-corrected chi connectivity index (χ2v) is 6.50. The quantitative estimate of drug-likeness (QED) is 0.782. The van der Waals surface area contributed by atoms with Crippen LogP contribution in [0.5, 0.6) is 0 Å². The van der Waals surface area contributed by atoms with Gasteiger partial charge in [-0.1, -0.05) is 19.3 Å². The van der Waals surface area contributed by atoms with E-state index in [0.29, 0.717) is 5.92 Å². The van der Waals surface area contributed by atoms with E-state index in [1.807, 2.05) is 0 Å². The van der Waals surface area contributed by atoms with Crippen molar-refractivity contribution in [1.29, 1.82) is 0 Å². The van der Waals surface area contributed by atoms with Crippen LogP contribution < -0.4 is 0 Å². The number of hydrogen-bond donors (Lipinski definition) is 1. The van der Waals surface area contributed by atoms with E-state index in [4.69, 9.17) is 9.47 Å². The minimum Gasteiger partial charge on any atom is -0.390 e. The van der Waals surface area contributed by atoms with E-state index < -0.39 is 5.60 Å². The van der Waals surface area contributed by atoms with E-state index in [-0.39, 0.29) is 5.60 Å². The van der Waals surface area contributed by atoms with E-state index >= 15 is 0 Å². The van der Waals surface area contributed by atoms with Crippen molar-refractivity contribution in [2.45, 2.75) is 69.0 Å². The van der Waals surface area contributed by atoms with Crippen LogP contribution in [0.25, 0.3) is 0 Å². The van der Waals surface area contributed by atoms with E-state index in [2.05, 4.69) is 0 Å². The highest BCUT2D eigenvalue weighted by molar-refractivity contribution is 4.97. The summed E-state index contributed by atoms with van der Waals surface area (Å²) in [5.74, 6) is 0.449. The number of hydrogen-bond acceptors (Lipinski definition) is 3. The standard InChI is InChI=1S/C15H26O3/c16-15(5-2-1-3-6-15)13-4-9-18-14(12-13)7-10-17-11-8-14/h13,16H,1-12H2. The van der Waals surface area contributed by atoms with E-state index in [9.17, 15) is 5.11 Å². The van der Waals surface area contributed by atoms with E-state index in [1.54, 1.807) is 0 Å². The summed E-state index contributed by atoms with van der Waals surface area (Å²) >= 11 is 0. The normalized spacial score (nSPS) is 35.5. The molecule has 1 saturated carbocycles. The molecule has 0 radical (unpaired) electrons. The third-order valence-corrected chi connectivity index (χ3v) is 5.38. The Bertz CT molecular complexity index is 259. The maximum atomic E-state index is 10.9. The van der Waals surface area contributed by atoms with Gasteiger partial charge in [-0.15, -0.1) is 0 Å². The summed E-state index contributed by atoms with van der Waals surface area (Å²) in [5.41, 5.74) is -0.373. The molecular formula is C15H26O3. The topological polar surface area (TPSA) is 38.7 Å². The molecule has 0 amide bonds. The van der Waals surface area contributed by atoms with Crippen LogP contribution in [0, 0.1) is 5.92 Å². The van der Waals surface area contributed by atoms with Gasteiger partial charge in [-0.2, -0.15) is 0 Å². The molecule has 1 N–H and O–H groups in total. The molecule has 2 aliphatic heterocycles. The van der Waals surface area contributed by atoms with Crippen molar-refractivity contribution in [2.24, 2.45) is 5.92 Å². The third kappa shape index (κ3) is 2.45. The number of aliphatic hydroxyl groups is 1. The zero-order valence-corrected chi connectivity index (χ0v) is 11.3. The monoisotopic (exact) mass is 254 g/mol. The Balaban J connectivity index is 1.69. The molecule has 1 unspecified atom stereocenters. The van der Waals surface area contributed by atoms with Gasteiger partial charge in [0.15, 0.2) is 0 Å². The van der Waals surface area contributed by atoms with Crippen LogP contribution >= 0.6 is 0 Å². The van der Waals surface area contributed by atoms with Gasteiger partial charge in [0, 0.05) is 19.8 Å². The largest absolute Gasteiger partial charge is 0.390 e. The Morgan fingerprint density at radius 2 is 1.61 bits per heavy atom. The van der Waals surface area contributed by atoms with Crippen LogP contribution in [0.3, 0.4) is 0 Å². The summed E-state index contributed by atoms with van der Waals surface area (Å²) in [4.78, 5) is 0. The molecule has 0 aromatic carbocycles. The molecule has 3 nitrogen and oxygen atoms in total. The predicted molar refractivity (Wildman–Crippen MR) is 69.5 cm³/mol. The van der Waals surface area contributed by atoms with Crippen LogP contribution in [0.1, 0.15) is 57.8 Å². The van der Waals surface area contributed by atoms with Crippen LogP contribution in [-0.2, 0) is 9.47 Å². The molecule has 2 saturated heterocycles. The van der Waals surface area contributed by atoms with Crippen molar-refractivity contribution < 1.29 is 14.6 Å². The first kappa shape index (κ1) is 12.9. The van der Waals surface area contributed by atoms with Crippen LogP contribution in [0.4, 0.5) is 0 Å². The fourth-order valence-electron chi connectivity index (χ4n) is 4.15. The molecule has 1 aliphatic carbocycles. The van der Waals surface area contributed by atoms with Gasteiger partial charge in [-0.05, 0) is 44.4 Å². The predicted octanol–water partition coefficient (Wildman–Crippen LogP) is 2.66. The minimum absolute atomic E-state index is 0.0222. The van der Waals surface area contributed by atoms with Gasteiger partial charge in [0.2, 0.25) is 0 Å². The lowest BCUT2D eigenvalue weighted by molar-refractivity contribution is -0.180. The van der Waals surface area contributed by atoms with Crippen molar-refractivity contribution in [3.63, 3.8) is 0 Å². The van der Waals surface area contributed by atoms with Gasteiger partial charge >= 0.3 is 0 Å². The lowest BCUT2D eigenvalue weighted by atomic mass is 9.68. The molecule has 3 heteroatoms. The molecule has 1 atom stereocenters. The highest BCUT2D eigenvalue weighted by atomic mass is 16.5. The average molecular weight is 254 g/mol. The molecule has 18 heavy (non-hydrogen) atoms. The fraction of sp³-hybridized carbons (Fsp3) is 1.00. The lowest BCUT2D eigenvalue weighted by Crippen LogP contribution is -2.51. The fourth-order valence-corrected chi connectivity index (χ4v) is 4.15. The summed E-state index contributed by atoms with van der Waals surface area (Å²) in [6, 6.07) is 0. The number of rotatable bonds is 1. The van der Waals surface area contributed by atoms with Crippen molar-refractivity contribution in [3.8, 4) is 0 Å². The molecule has 2 heterocycles. The van der Waals surface area contributed by atoms with Crippen molar-refractivity contribution in [2.75, 3.05) is 19.8 Å². The maximum Gasteiger partial charge on any atom is 0.0730 e. The van der Waals surface area contributed by atoms with Crippen LogP contribution in [0.2, 0.25) is 0 Å². The van der Waals surface area contributed by atoms with Gasteiger partial charge in [-0.25, -0.2) is 0 Å². The van der Waals surface area contributed by atoms with Gasteiger partial charge in [0.1, 0.15) is 0 Å². The molecule has 0 aromatic rings. The molecule has 0 bridgehead atoms. The zero-order valence-electron chi connectivity index (χ0n) is 11.3. The minimum atomic E-state index is -0.396. The first-order chi connectivity index (χ1) is 8.73. The first-order valence-corrected chi connectivity index (χ1v) is 7.67. The second-order valence-electron chi connectivity index (χ2n) is 6.50. The molecule has 3 fully saturated rings. The van der Waals surface area contributed by atoms with E-state index in [1.165, 1.54) is 19.3 Å². The molecule has 1 spiro atoms. The third-order valence-electron chi connectivity index (χ3n) is 5.38. The maximum absolute atomic E-state index is 10.9. The highest BCUT2D eigenvalue weighted by Gasteiger charge is 2.46. The average Bonchev–Trinajstić information content (AvgIpc) is 2.41. The van der Waals surface area contributed by atoms with Gasteiger partial charge in [-0.3, -0.25) is 0 Å². The van der Waals surface area contributed by atoms with Crippen molar-refractivity contribution >= 4 is 0 Å². The summed E-state index contributed by atoms with van der Waals surface area (Å²) in [5, 5.41) is 10.9. The lowest BCUT2D eigenvalue weighted by Gasteiger charge is -2.49. The summed E-state index contributed by atoms with van der Waals surface area (Å²) in [7, 11) is 0. The summed E-state index contributed by atoms with van der Waals surface area (Å²) in [6.07, 6.45) is 9.82. The number of ether oxygens (including phenoxy) is 2.